The molecule has 144 valence electrons. The van der Waals surface area contributed by atoms with Gasteiger partial charge in [-0.1, -0.05) is 18.6 Å². The highest BCUT2D eigenvalue weighted by atomic mass is 16.1. The number of carbonyl (C=O) groups excluding carboxylic acids is 1. The van der Waals surface area contributed by atoms with E-state index in [0.29, 0.717) is 12.1 Å². The molecule has 1 aromatic carbocycles. The molecule has 4 rings (SSSR count). The molecule has 0 spiro atoms. The third-order valence-corrected chi connectivity index (χ3v) is 5.32. The molecule has 2 aromatic rings. The minimum atomic E-state index is -0.0973. The summed E-state index contributed by atoms with van der Waals surface area (Å²) in [4.78, 5) is 21.7. The van der Waals surface area contributed by atoms with Crippen LogP contribution >= 0.6 is 0 Å². The van der Waals surface area contributed by atoms with Gasteiger partial charge in [0.05, 0.1) is 16.9 Å². The van der Waals surface area contributed by atoms with Gasteiger partial charge in [-0.05, 0) is 50.2 Å². The number of para-hydroxylation sites is 1. The van der Waals surface area contributed by atoms with Gasteiger partial charge in [0.15, 0.2) is 5.82 Å². The Morgan fingerprint density at radius 3 is 2.61 bits per heavy atom. The summed E-state index contributed by atoms with van der Waals surface area (Å²) in [7, 11) is 0. The van der Waals surface area contributed by atoms with E-state index in [4.69, 9.17) is 0 Å². The van der Waals surface area contributed by atoms with E-state index in [1.165, 1.54) is 32.4 Å². The number of hydrogen-bond donors (Lipinski definition) is 1. The number of nitrogens with zero attached hydrogens (tertiary/aromatic N) is 3. The van der Waals surface area contributed by atoms with Crippen LogP contribution in [0.1, 0.15) is 42.5 Å². The molecule has 1 amide bonds. The van der Waals surface area contributed by atoms with Crippen molar-refractivity contribution in [2.24, 2.45) is 0 Å². The Labute approximate surface area is 166 Å². The molecule has 0 saturated carbocycles. The molecule has 0 radical (unpaired) electrons. The molecule has 2 aliphatic heterocycles. The molecule has 1 aromatic heterocycles. The van der Waals surface area contributed by atoms with Crippen molar-refractivity contribution in [3.05, 3.63) is 48.2 Å². The minimum absolute atomic E-state index is 0.0973. The summed E-state index contributed by atoms with van der Waals surface area (Å²) in [5.41, 5.74) is 2.29. The zero-order valence-corrected chi connectivity index (χ0v) is 16.2. The number of rotatable bonds is 4. The quantitative estimate of drug-likeness (QED) is 0.820. The van der Waals surface area contributed by atoms with Crippen molar-refractivity contribution >= 4 is 23.1 Å². The second kappa shape index (κ2) is 8.90. The lowest BCUT2D eigenvalue weighted by molar-refractivity contribution is 0.102. The zero-order chi connectivity index (χ0) is 19.2. The molecule has 5 heteroatoms. The van der Waals surface area contributed by atoms with Crippen LogP contribution in [0.4, 0.5) is 17.2 Å². The Bertz CT molecular complexity index is 893. The molecule has 0 unspecified atom stereocenters. The number of hydrogen-bond acceptors (Lipinski definition) is 4. The standard InChI is InChI=1S/C23H26N4O/c28-23-19-11-4-5-13-21(19)27(22-20(25-23)12-10-14-24-22)18-9-2-1-6-15-26-16-7-3-8-17-26/h4-5,10-14H,3,6-9,15-18H2,(H,25,28). The molecule has 2 aliphatic rings. The molecule has 1 saturated heterocycles. The van der Waals surface area contributed by atoms with Crippen LogP contribution in [0.3, 0.4) is 0 Å². The van der Waals surface area contributed by atoms with E-state index in [-0.39, 0.29) is 5.91 Å². The van der Waals surface area contributed by atoms with E-state index in [9.17, 15) is 4.79 Å². The third kappa shape index (κ3) is 4.18. The number of benzene rings is 1. The smallest absolute Gasteiger partial charge is 0.257 e. The zero-order valence-electron chi connectivity index (χ0n) is 16.2. The molecule has 0 bridgehead atoms. The highest BCUT2D eigenvalue weighted by molar-refractivity contribution is 6.11. The molecular weight excluding hydrogens is 348 g/mol. The lowest BCUT2D eigenvalue weighted by atomic mass is 10.1. The fourth-order valence-corrected chi connectivity index (χ4v) is 3.88. The van der Waals surface area contributed by atoms with Crippen LogP contribution < -0.4 is 10.2 Å². The molecule has 28 heavy (non-hydrogen) atoms. The number of amides is 1. The molecule has 5 nitrogen and oxygen atoms in total. The summed E-state index contributed by atoms with van der Waals surface area (Å²) >= 11 is 0. The molecule has 1 N–H and O–H groups in total. The molecule has 1 fully saturated rings. The monoisotopic (exact) mass is 374 g/mol. The highest BCUT2D eigenvalue weighted by Gasteiger charge is 2.25. The maximum atomic E-state index is 12.6. The normalized spacial score (nSPS) is 16.3. The van der Waals surface area contributed by atoms with E-state index < -0.39 is 0 Å². The van der Waals surface area contributed by atoms with Gasteiger partial charge in [-0.2, -0.15) is 0 Å². The van der Waals surface area contributed by atoms with E-state index in [1.54, 1.807) is 6.20 Å². The Morgan fingerprint density at radius 2 is 1.75 bits per heavy atom. The Hall–Kier alpha value is -2.84. The third-order valence-electron chi connectivity index (χ3n) is 5.32. The van der Waals surface area contributed by atoms with E-state index in [2.05, 4.69) is 31.9 Å². The number of fused-ring (bicyclic) bond motifs is 2. The summed E-state index contributed by atoms with van der Waals surface area (Å²) in [6, 6.07) is 11.4. The second-order valence-corrected chi connectivity index (χ2v) is 7.25. The SMILES string of the molecule is O=C1Nc2cccnc2N(CCC#CCCN2CCCCC2)c2ccccc21. The predicted molar refractivity (Wildman–Crippen MR) is 113 cm³/mol. The summed E-state index contributed by atoms with van der Waals surface area (Å²) in [6.07, 6.45) is 7.43. The molecule has 3 heterocycles. The highest BCUT2D eigenvalue weighted by Crippen LogP contribution is 2.35. The van der Waals surface area contributed by atoms with Gasteiger partial charge >= 0.3 is 0 Å². The van der Waals surface area contributed by atoms with Gasteiger partial charge in [0, 0.05) is 32.1 Å². The Morgan fingerprint density at radius 1 is 0.964 bits per heavy atom. The van der Waals surface area contributed by atoms with Crippen LogP contribution in [0.5, 0.6) is 0 Å². The van der Waals surface area contributed by atoms with Crippen molar-refractivity contribution in [2.45, 2.75) is 32.1 Å². The van der Waals surface area contributed by atoms with Crippen LogP contribution in [-0.2, 0) is 0 Å². The van der Waals surface area contributed by atoms with Gasteiger partial charge in [0.1, 0.15) is 0 Å². The van der Waals surface area contributed by atoms with Crippen LogP contribution in [0.15, 0.2) is 42.6 Å². The van der Waals surface area contributed by atoms with Crippen LogP contribution in [0, 0.1) is 11.8 Å². The summed E-state index contributed by atoms with van der Waals surface area (Å²) in [5.74, 6) is 7.31. The Kier molecular flexibility index (Phi) is 5.89. The van der Waals surface area contributed by atoms with Crippen molar-refractivity contribution in [3.63, 3.8) is 0 Å². The first-order valence-corrected chi connectivity index (χ1v) is 10.1. The largest absolute Gasteiger partial charge is 0.323 e. The lowest BCUT2D eigenvalue weighted by Crippen LogP contribution is -2.30. The van der Waals surface area contributed by atoms with Gasteiger partial charge < -0.3 is 15.1 Å². The summed E-state index contributed by atoms with van der Waals surface area (Å²) in [5, 5.41) is 2.97. The number of carbonyl (C=O) groups is 1. The van der Waals surface area contributed by atoms with Crippen molar-refractivity contribution in [2.75, 3.05) is 36.4 Å². The first kappa shape index (κ1) is 18.5. The molecular formula is C23H26N4O. The fraction of sp³-hybridized carbons (Fsp3) is 0.391. The average Bonchev–Trinajstić information content (AvgIpc) is 2.86. The van der Waals surface area contributed by atoms with Crippen LogP contribution in [-0.4, -0.2) is 42.0 Å². The number of anilines is 3. The van der Waals surface area contributed by atoms with Gasteiger partial charge in [0.2, 0.25) is 0 Å². The molecule has 0 aliphatic carbocycles. The maximum absolute atomic E-state index is 12.6. The summed E-state index contributed by atoms with van der Waals surface area (Å²) < 4.78 is 0. The Balaban J connectivity index is 1.44. The maximum Gasteiger partial charge on any atom is 0.257 e. The number of pyridine rings is 1. The van der Waals surface area contributed by atoms with E-state index >= 15 is 0 Å². The van der Waals surface area contributed by atoms with Gasteiger partial charge in [-0.25, -0.2) is 4.98 Å². The van der Waals surface area contributed by atoms with E-state index in [1.807, 2.05) is 36.4 Å². The van der Waals surface area contributed by atoms with Gasteiger partial charge in [-0.3, -0.25) is 4.79 Å². The van der Waals surface area contributed by atoms with Gasteiger partial charge in [-0.15, -0.1) is 11.8 Å². The topological polar surface area (TPSA) is 48.5 Å². The van der Waals surface area contributed by atoms with Crippen molar-refractivity contribution in [3.8, 4) is 11.8 Å². The number of aromatic nitrogens is 1. The van der Waals surface area contributed by atoms with Crippen molar-refractivity contribution in [1.29, 1.82) is 0 Å². The minimum Gasteiger partial charge on any atom is -0.323 e. The number of nitrogens with one attached hydrogen (secondary N) is 1. The van der Waals surface area contributed by atoms with Crippen LogP contribution in [0.25, 0.3) is 0 Å². The van der Waals surface area contributed by atoms with Crippen molar-refractivity contribution < 1.29 is 4.79 Å². The molecule has 0 atom stereocenters. The fourth-order valence-electron chi connectivity index (χ4n) is 3.88. The first-order chi connectivity index (χ1) is 13.8. The van der Waals surface area contributed by atoms with E-state index in [0.717, 1.165) is 36.6 Å². The van der Waals surface area contributed by atoms with Gasteiger partial charge in [0.25, 0.3) is 5.91 Å². The summed E-state index contributed by atoms with van der Waals surface area (Å²) in [6.45, 7) is 4.21. The average molecular weight is 374 g/mol. The lowest BCUT2D eigenvalue weighted by Gasteiger charge is -2.25. The van der Waals surface area contributed by atoms with Crippen molar-refractivity contribution in [1.82, 2.24) is 9.88 Å². The number of piperidine rings is 1. The second-order valence-electron chi connectivity index (χ2n) is 7.25. The van der Waals surface area contributed by atoms with Crippen LogP contribution in [0.2, 0.25) is 0 Å². The number of likely N-dealkylation sites (tertiary alicyclic amines) is 1. The predicted octanol–water partition coefficient (Wildman–Crippen LogP) is 4.05. The first-order valence-electron chi connectivity index (χ1n) is 10.1.